The van der Waals surface area contributed by atoms with E-state index in [2.05, 4.69) is 17.6 Å². The first-order valence-electron chi connectivity index (χ1n) is 14.6. The van der Waals surface area contributed by atoms with Gasteiger partial charge < -0.3 is 20.3 Å². The lowest BCUT2D eigenvalue weighted by Gasteiger charge is -2.34. The molecule has 220 valence electrons. The molecular weight excluding hydrogens is 502 g/mol. The van der Waals surface area contributed by atoms with Gasteiger partial charge in [0.1, 0.15) is 17.7 Å². The van der Waals surface area contributed by atoms with Gasteiger partial charge in [-0.05, 0) is 72.1 Å². The Hall–Kier alpha value is -3.35. The van der Waals surface area contributed by atoms with Crippen LogP contribution in [-0.4, -0.2) is 41.0 Å². The van der Waals surface area contributed by atoms with Gasteiger partial charge >= 0.3 is 6.09 Å². The van der Waals surface area contributed by atoms with E-state index in [1.165, 1.54) is 6.42 Å². The second-order valence-electron chi connectivity index (χ2n) is 11.8. The van der Waals surface area contributed by atoms with Crippen molar-refractivity contribution in [3.63, 3.8) is 0 Å². The van der Waals surface area contributed by atoms with Crippen molar-refractivity contribution >= 4 is 23.6 Å². The van der Waals surface area contributed by atoms with E-state index in [0.717, 1.165) is 54.4 Å². The lowest BCUT2D eigenvalue weighted by molar-refractivity contribution is -0.140. The fraction of sp³-hybridized carbons (Fsp3) is 0.545. The molecule has 0 bridgehead atoms. The first-order valence-corrected chi connectivity index (χ1v) is 14.6. The van der Waals surface area contributed by atoms with Gasteiger partial charge in [0.15, 0.2) is 0 Å². The third-order valence-corrected chi connectivity index (χ3v) is 6.66. The fourth-order valence-electron chi connectivity index (χ4n) is 4.78. The number of ether oxygens (including phenoxy) is 1. The van der Waals surface area contributed by atoms with Crippen molar-refractivity contribution in [2.24, 2.45) is 0 Å². The van der Waals surface area contributed by atoms with E-state index in [9.17, 15) is 14.4 Å². The molecule has 2 aromatic rings. The summed E-state index contributed by atoms with van der Waals surface area (Å²) in [6.45, 7) is 15.4. The van der Waals surface area contributed by atoms with E-state index < -0.39 is 23.8 Å². The monoisotopic (exact) mass is 551 g/mol. The first-order chi connectivity index (χ1) is 18.8. The van der Waals surface area contributed by atoms with E-state index in [-0.39, 0.29) is 11.8 Å². The first kappa shape index (κ1) is 32.9. The number of alkyl carbamates (subject to hydrolysis) is 1. The van der Waals surface area contributed by atoms with Gasteiger partial charge in [0.25, 0.3) is 5.91 Å². The highest BCUT2D eigenvalue weighted by atomic mass is 16.6. The zero-order valence-electron chi connectivity index (χ0n) is 25.7. The van der Waals surface area contributed by atoms with Gasteiger partial charge in [0, 0.05) is 12.2 Å². The molecule has 7 nitrogen and oxygen atoms in total. The lowest BCUT2D eigenvalue weighted by Crippen LogP contribution is -2.51. The quantitative estimate of drug-likeness (QED) is 0.254. The zero-order valence-corrected chi connectivity index (χ0v) is 25.7. The summed E-state index contributed by atoms with van der Waals surface area (Å²) in [7, 11) is 0. The summed E-state index contributed by atoms with van der Waals surface area (Å²) in [6, 6.07) is 11.8. The number of nitrogens with one attached hydrogen (secondary N) is 2. The normalized spacial score (nSPS) is 12.8. The van der Waals surface area contributed by atoms with E-state index >= 15 is 0 Å². The number of rotatable bonds is 13. The molecule has 7 heteroatoms. The van der Waals surface area contributed by atoms with Crippen LogP contribution in [0.3, 0.4) is 0 Å². The summed E-state index contributed by atoms with van der Waals surface area (Å²) in [6.07, 6.45) is 5.61. The molecule has 0 fully saturated rings. The molecule has 0 saturated carbocycles. The molecule has 2 rings (SSSR count). The number of aryl methyl sites for hydroxylation is 3. The van der Waals surface area contributed by atoms with Crippen LogP contribution >= 0.6 is 0 Å². The molecule has 40 heavy (non-hydrogen) atoms. The molecule has 3 amide bonds. The number of carbonyl (C=O) groups excluding carboxylic acids is 3. The fourth-order valence-corrected chi connectivity index (χ4v) is 4.78. The smallest absolute Gasteiger partial charge is 0.408 e. The number of carbonyl (C=O) groups is 3. The maximum absolute atomic E-state index is 14.0. The number of para-hydroxylation sites is 1. The van der Waals surface area contributed by atoms with E-state index in [0.29, 0.717) is 12.2 Å². The molecule has 2 atom stereocenters. The molecule has 0 heterocycles. The molecule has 2 aromatic carbocycles. The van der Waals surface area contributed by atoms with Crippen LogP contribution in [-0.2, 0) is 14.3 Å². The Morgan fingerprint density at radius 1 is 0.900 bits per heavy atom. The average molecular weight is 552 g/mol. The van der Waals surface area contributed by atoms with Crippen molar-refractivity contribution in [2.75, 3.05) is 11.9 Å². The number of benzene rings is 2. The number of anilines is 1. The van der Waals surface area contributed by atoms with Gasteiger partial charge in [-0.15, -0.1) is 0 Å². The average Bonchev–Trinajstić information content (AvgIpc) is 2.84. The molecule has 0 aliphatic carbocycles. The van der Waals surface area contributed by atoms with Crippen LogP contribution in [0, 0.1) is 20.8 Å². The largest absolute Gasteiger partial charge is 0.444 e. The molecule has 2 N–H and O–H groups in total. The van der Waals surface area contributed by atoms with Gasteiger partial charge in [0.2, 0.25) is 5.91 Å². The highest BCUT2D eigenvalue weighted by Crippen LogP contribution is 2.28. The molecule has 0 aliphatic heterocycles. The van der Waals surface area contributed by atoms with Crippen molar-refractivity contribution in [3.05, 3.63) is 64.7 Å². The predicted molar refractivity (Wildman–Crippen MR) is 162 cm³/mol. The zero-order chi connectivity index (χ0) is 29.9. The highest BCUT2D eigenvalue weighted by Gasteiger charge is 2.35. The summed E-state index contributed by atoms with van der Waals surface area (Å²) < 4.78 is 5.39. The van der Waals surface area contributed by atoms with Crippen LogP contribution in [0.2, 0.25) is 0 Å². The van der Waals surface area contributed by atoms with Crippen molar-refractivity contribution < 1.29 is 19.1 Å². The van der Waals surface area contributed by atoms with Crippen LogP contribution in [0.25, 0.3) is 0 Å². The Morgan fingerprint density at radius 2 is 1.50 bits per heavy atom. The van der Waals surface area contributed by atoms with Crippen LogP contribution < -0.4 is 10.6 Å². The van der Waals surface area contributed by atoms with Crippen LogP contribution in [0.15, 0.2) is 42.5 Å². The van der Waals surface area contributed by atoms with E-state index in [1.54, 1.807) is 32.6 Å². The minimum atomic E-state index is -0.880. The molecule has 0 spiro atoms. The minimum absolute atomic E-state index is 0.289. The third kappa shape index (κ3) is 10.7. The Morgan fingerprint density at radius 3 is 2.10 bits per heavy atom. The molecule has 0 aliphatic rings. The summed E-state index contributed by atoms with van der Waals surface area (Å²) >= 11 is 0. The van der Waals surface area contributed by atoms with Crippen molar-refractivity contribution in [1.29, 1.82) is 0 Å². The molecule has 0 aromatic heterocycles. The minimum Gasteiger partial charge on any atom is -0.444 e. The second-order valence-corrected chi connectivity index (χ2v) is 11.8. The Balaban J connectivity index is 2.45. The van der Waals surface area contributed by atoms with Crippen molar-refractivity contribution in [3.8, 4) is 0 Å². The van der Waals surface area contributed by atoms with E-state index in [1.807, 2.05) is 63.2 Å². The Bertz CT molecular complexity index is 1120. The van der Waals surface area contributed by atoms with Crippen LogP contribution in [0.1, 0.15) is 101 Å². The van der Waals surface area contributed by atoms with Crippen LogP contribution in [0.4, 0.5) is 10.5 Å². The number of hydrogen-bond acceptors (Lipinski definition) is 4. The summed E-state index contributed by atoms with van der Waals surface area (Å²) in [5, 5.41) is 5.75. The standard InChI is InChI=1S/C33H49N3O4/c1-9-10-11-12-13-16-19-36(31(38)26(5)34-32(39)40-33(6,7)8)29(27-21-23(2)20-24(3)22-27)30(37)35-28-18-15-14-17-25(28)4/h14-15,17-18,20-22,26,29H,9-13,16,19H2,1-8H3,(H,34,39)(H,35,37). The van der Waals surface area contributed by atoms with Crippen molar-refractivity contribution in [1.82, 2.24) is 10.2 Å². The predicted octanol–water partition coefficient (Wildman–Crippen LogP) is 7.39. The highest BCUT2D eigenvalue weighted by molar-refractivity contribution is 5.99. The molecule has 2 unspecified atom stereocenters. The SMILES string of the molecule is CCCCCCCCN(C(=O)C(C)NC(=O)OC(C)(C)C)C(C(=O)Nc1ccccc1C)c1cc(C)cc(C)c1. The maximum Gasteiger partial charge on any atom is 0.408 e. The summed E-state index contributed by atoms with van der Waals surface area (Å²) in [4.78, 5) is 42.2. The molecule has 0 saturated heterocycles. The van der Waals surface area contributed by atoms with Gasteiger partial charge in [0.05, 0.1) is 0 Å². The second kappa shape index (κ2) is 15.4. The van der Waals surface area contributed by atoms with Crippen LogP contribution in [0.5, 0.6) is 0 Å². The number of unbranched alkanes of at least 4 members (excludes halogenated alkanes) is 5. The Kier molecular flexibility index (Phi) is 12.7. The number of amides is 3. The van der Waals surface area contributed by atoms with Gasteiger partial charge in [-0.2, -0.15) is 0 Å². The number of nitrogens with zero attached hydrogens (tertiary/aromatic N) is 1. The van der Waals surface area contributed by atoms with Gasteiger partial charge in [-0.25, -0.2) is 4.79 Å². The van der Waals surface area contributed by atoms with E-state index in [4.69, 9.17) is 4.74 Å². The molecule has 0 radical (unpaired) electrons. The Labute approximate surface area is 241 Å². The van der Waals surface area contributed by atoms with Gasteiger partial charge in [-0.3, -0.25) is 9.59 Å². The topological polar surface area (TPSA) is 87.7 Å². The van der Waals surface area contributed by atoms with Crippen molar-refractivity contribution in [2.45, 2.75) is 112 Å². The lowest BCUT2D eigenvalue weighted by atomic mass is 9.98. The maximum atomic E-state index is 14.0. The summed E-state index contributed by atoms with van der Waals surface area (Å²) in [5.41, 5.74) is 3.70. The number of hydrogen-bond donors (Lipinski definition) is 2. The molecular formula is C33H49N3O4. The third-order valence-electron chi connectivity index (χ3n) is 6.66. The summed E-state index contributed by atoms with van der Waals surface area (Å²) in [5.74, 6) is -0.619. The van der Waals surface area contributed by atoms with Gasteiger partial charge in [-0.1, -0.05) is 86.6 Å².